The minimum absolute atomic E-state index is 0.0513. The van der Waals surface area contributed by atoms with Gasteiger partial charge >= 0.3 is 5.88 Å². The average molecular weight is 305 g/mol. The van der Waals surface area contributed by atoms with E-state index in [1.165, 1.54) is 36.1 Å². The van der Waals surface area contributed by atoms with Crippen molar-refractivity contribution in [1.82, 2.24) is 9.78 Å². The molecule has 0 saturated carbocycles. The van der Waals surface area contributed by atoms with Gasteiger partial charge in [0.1, 0.15) is 16.4 Å². The number of aromatic nitrogens is 2. The molecule has 10 heteroatoms. The smallest absolute Gasteiger partial charge is 0.401 e. The molecule has 22 heavy (non-hydrogen) atoms. The molecule has 0 aliphatic heterocycles. The van der Waals surface area contributed by atoms with Crippen LogP contribution in [0.2, 0.25) is 0 Å². The third-order valence-electron chi connectivity index (χ3n) is 2.62. The Morgan fingerprint density at radius 1 is 1.50 bits per heavy atom. The van der Waals surface area contributed by atoms with Crippen molar-refractivity contribution in [1.29, 1.82) is 0 Å². The molecule has 2 heterocycles. The molecule has 3 N–H and O–H groups in total. The lowest BCUT2D eigenvalue weighted by Gasteiger charge is -2.02. The normalized spacial score (nSPS) is 10.8. The highest BCUT2D eigenvalue weighted by molar-refractivity contribution is 6.06. The van der Waals surface area contributed by atoms with Gasteiger partial charge in [-0.25, -0.2) is 0 Å². The van der Waals surface area contributed by atoms with Crippen molar-refractivity contribution in [2.75, 3.05) is 5.32 Å². The summed E-state index contributed by atoms with van der Waals surface area (Å²) < 4.78 is 6.09. The molecule has 114 valence electrons. The van der Waals surface area contributed by atoms with Gasteiger partial charge in [0.25, 0.3) is 5.91 Å². The fraction of sp³-hybridized carbons (Fsp3) is 0.0833. The Hall–Kier alpha value is -3.43. The van der Waals surface area contributed by atoms with E-state index >= 15 is 0 Å². The molecule has 0 bridgehead atoms. The van der Waals surface area contributed by atoms with Crippen LogP contribution in [0.4, 0.5) is 11.6 Å². The average Bonchev–Trinajstić information content (AvgIpc) is 3.03. The summed E-state index contributed by atoms with van der Waals surface area (Å²) in [5, 5.41) is 16.7. The van der Waals surface area contributed by atoms with Gasteiger partial charge < -0.3 is 15.5 Å². The van der Waals surface area contributed by atoms with Crippen molar-refractivity contribution in [3.8, 4) is 0 Å². The molecule has 0 spiro atoms. The Morgan fingerprint density at radius 3 is 2.82 bits per heavy atom. The van der Waals surface area contributed by atoms with Crippen LogP contribution < -0.4 is 11.1 Å². The van der Waals surface area contributed by atoms with Gasteiger partial charge in [-0.05, 0) is 12.1 Å². The van der Waals surface area contributed by atoms with Crippen LogP contribution in [0.25, 0.3) is 6.08 Å². The maximum Gasteiger partial charge on any atom is 0.433 e. The monoisotopic (exact) mass is 305 g/mol. The van der Waals surface area contributed by atoms with Crippen LogP contribution in [0.1, 0.15) is 16.2 Å². The lowest BCUT2D eigenvalue weighted by molar-refractivity contribution is -0.402. The van der Waals surface area contributed by atoms with Gasteiger partial charge in [0.2, 0.25) is 5.91 Å². The first-order chi connectivity index (χ1) is 10.4. The number of carbonyl (C=O) groups excluding carboxylic acids is 2. The number of hydrogen-bond acceptors (Lipinski definition) is 6. The van der Waals surface area contributed by atoms with Crippen LogP contribution >= 0.6 is 0 Å². The summed E-state index contributed by atoms with van der Waals surface area (Å²) in [7, 11) is 1.51. The van der Waals surface area contributed by atoms with Gasteiger partial charge in [-0.3, -0.25) is 24.4 Å². The van der Waals surface area contributed by atoms with Crippen molar-refractivity contribution in [2.45, 2.75) is 0 Å². The van der Waals surface area contributed by atoms with Gasteiger partial charge in [0.15, 0.2) is 0 Å². The standard InChI is InChI=1S/C12H11N5O5/c1-16-11(12(13)19)8(6-14-16)15-9(18)4-2-7-3-5-10(22-7)17(20)21/h2-6H,1H3,(H2,13,19)(H,15,18)/b4-2+. The second kappa shape index (κ2) is 5.91. The molecule has 0 saturated heterocycles. The van der Waals surface area contributed by atoms with Gasteiger partial charge in [-0.15, -0.1) is 0 Å². The summed E-state index contributed by atoms with van der Waals surface area (Å²) >= 11 is 0. The summed E-state index contributed by atoms with van der Waals surface area (Å²) in [4.78, 5) is 32.8. The zero-order chi connectivity index (χ0) is 16.3. The van der Waals surface area contributed by atoms with Crippen LogP contribution in [-0.2, 0) is 11.8 Å². The van der Waals surface area contributed by atoms with E-state index < -0.39 is 22.6 Å². The molecule has 10 nitrogen and oxygen atoms in total. The summed E-state index contributed by atoms with van der Waals surface area (Å²) in [5.41, 5.74) is 5.40. The first kappa shape index (κ1) is 15.0. The van der Waals surface area contributed by atoms with Crippen molar-refractivity contribution < 1.29 is 18.9 Å². The summed E-state index contributed by atoms with van der Waals surface area (Å²) in [6, 6.07) is 2.52. The quantitative estimate of drug-likeness (QED) is 0.471. The lowest BCUT2D eigenvalue weighted by Crippen LogP contribution is -2.19. The number of furan rings is 1. The molecule has 0 radical (unpaired) electrons. The molecule has 2 amide bonds. The molecule has 0 aromatic carbocycles. The second-order valence-electron chi connectivity index (χ2n) is 4.15. The SMILES string of the molecule is Cn1ncc(NC(=O)/C=C/c2ccc([N+](=O)[O-])o2)c1C(N)=O. The van der Waals surface area contributed by atoms with Crippen LogP contribution in [0, 0.1) is 10.1 Å². The first-order valence-electron chi connectivity index (χ1n) is 5.93. The second-order valence-corrected chi connectivity index (χ2v) is 4.15. The van der Waals surface area contributed by atoms with Crippen LogP contribution in [-0.4, -0.2) is 26.5 Å². The topological polar surface area (TPSA) is 146 Å². The van der Waals surface area contributed by atoms with Crippen molar-refractivity contribution in [3.63, 3.8) is 0 Å². The van der Waals surface area contributed by atoms with E-state index in [-0.39, 0.29) is 17.1 Å². The number of nitrogens with one attached hydrogen (secondary N) is 1. The molecule has 0 aliphatic rings. The maximum atomic E-state index is 11.7. The highest BCUT2D eigenvalue weighted by atomic mass is 16.6. The zero-order valence-electron chi connectivity index (χ0n) is 11.3. The Kier molecular flexibility index (Phi) is 4.02. The summed E-state index contributed by atoms with van der Waals surface area (Å²) in [6.45, 7) is 0. The molecule has 0 unspecified atom stereocenters. The molecule has 0 atom stereocenters. The van der Waals surface area contributed by atoms with Gasteiger partial charge in [0.05, 0.1) is 18.0 Å². The number of primary amides is 1. The van der Waals surface area contributed by atoms with E-state index in [1.54, 1.807) is 0 Å². The Labute approximate surface area is 123 Å². The third kappa shape index (κ3) is 3.17. The Balaban J connectivity index is 2.08. The van der Waals surface area contributed by atoms with Crippen LogP contribution in [0.3, 0.4) is 0 Å². The largest absolute Gasteiger partial charge is 0.433 e. The summed E-state index contributed by atoms with van der Waals surface area (Å²) in [6.07, 6.45) is 3.63. The maximum absolute atomic E-state index is 11.7. The molecule has 2 aromatic rings. The van der Waals surface area contributed by atoms with Gasteiger partial charge in [0, 0.05) is 13.1 Å². The van der Waals surface area contributed by atoms with E-state index in [4.69, 9.17) is 10.2 Å². The highest BCUT2D eigenvalue weighted by Crippen LogP contribution is 2.17. The number of nitrogens with two attached hydrogens (primary N) is 1. The molecular formula is C12H11N5O5. The first-order valence-corrected chi connectivity index (χ1v) is 5.93. The minimum atomic E-state index is -0.735. The van der Waals surface area contributed by atoms with Gasteiger partial charge in [-0.2, -0.15) is 5.10 Å². The lowest BCUT2D eigenvalue weighted by atomic mass is 10.3. The fourth-order valence-electron chi connectivity index (χ4n) is 1.68. The third-order valence-corrected chi connectivity index (χ3v) is 2.62. The molecular weight excluding hydrogens is 294 g/mol. The van der Waals surface area contributed by atoms with Gasteiger partial charge in [-0.1, -0.05) is 0 Å². The number of carbonyl (C=O) groups is 2. The number of hydrogen-bond donors (Lipinski definition) is 2. The minimum Gasteiger partial charge on any atom is -0.401 e. The van der Waals surface area contributed by atoms with E-state index in [9.17, 15) is 19.7 Å². The molecule has 0 aliphatic carbocycles. The predicted octanol–water partition coefficient (Wildman–Crippen LogP) is 0.672. The zero-order valence-corrected chi connectivity index (χ0v) is 11.3. The van der Waals surface area contributed by atoms with Crippen molar-refractivity contribution >= 4 is 29.5 Å². The number of anilines is 1. The number of nitrogens with zero attached hydrogens (tertiary/aromatic N) is 3. The van der Waals surface area contributed by atoms with E-state index in [0.717, 1.165) is 6.08 Å². The van der Waals surface area contributed by atoms with Crippen molar-refractivity contribution in [2.24, 2.45) is 12.8 Å². The number of nitro groups is 1. The Morgan fingerprint density at radius 2 is 2.23 bits per heavy atom. The van der Waals surface area contributed by atoms with E-state index in [1.807, 2.05) is 0 Å². The predicted molar refractivity (Wildman–Crippen MR) is 74.8 cm³/mol. The fourth-order valence-corrected chi connectivity index (χ4v) is 1.68. The molecule has 2 rings (SSSR count). The number of rotatable bonds is 5. The number of aryl methyl sites for hydroxylation is 1. The van der Waals surface area contributed by atoms with E-state index in [2.05, 4.69) is 10.4 Å². The summed E-state index contributed by atoms with van der Waals surface area (Å²) in [5.74, 6) is -1.60. The number of amides is 2. The van der Waals surface area contributed by atoms with Crippen molar-refractivity contribution in [3.05, 3.63) is 46.0 Å². The van der Waals surface area contributed by atoms with Crippen LogP contribution in [0.5, 0.6) is 0 Å². The molecule has 2 aromatic heterocycles. The van der Waals surface area contributed by atoms with E-state index in [0.29, 0.717) is 0 Å². The molecule has 0 fully saturated rings. The van der Waals surface area contributed by atoms with Crippen LogP contribution in [0.15, 0.2) is 28.8 Å². The Bertz CT molecular complexity index is 773. The highest BCUT2D eigenvalue weighted by Gasteiger charge is 2.15.